The number of thioether (sulfide) groups is 1. The van der Waals surface area contributed by atoms with Crippen LogP contribution >= 0.6 is 11.8 Å². The van der Waals surface area contributed by atoms with Crippen molar-refractivity contribution in [1.29, 1.82) is 5.26 Å². The van der Waals surface area contributed by atoms with Crippen LogP contribution in [-0.2, 0) is 0 Å². The molecule has 0 aliphatic carbocycles. The Morgan fingerprint density at radius 3 is 3.18 bits per heavy atom. The Hall–Kier alpha value is -1.28. The summed E-state index contributed by atoms with van der Waals surface area (Å²) in [5, 5.41) is 10.3. The number of nitrogens with zero attached hydrogens (tertiary/aromatic N) is 3. The van der Waals surface area contributed by atoms with Gasteiger partial charge in [-0.3, -0.25) is 0 Å². The molecule has 0 bridgehead atoms. The predicted octanol–water partition coefficient (Wildman–Crippen LogP) is 1.06. The highest BCUT2D eigenvalue weighted by Gasteiger charge is 2.02. The van der Waals surface area contributed by atoms with Gasteiger partial charge in [-0.1, -0.05) is 0 Å². The topological polar surface area (TPSA) is 58.8 Å². The minimum absolute atomic E-state index is 0.437. The van der Waals surface area contributed by atoms with Crippen molar-refractivity contribution < 1.29 is 4.74 Å². The third kappa shape index (κ3) is 1.82. The van der Waals surface area contributed by atoms with E-state index >= 15 is 0 Å². The minimum atomic E-state index is 0.437. The van der Waals surface area contributed by atoms with Crippen molar-refractivity contribution in [3.05, 3.63) is 12.5 Å². The molecular weight excluding hydrogens is 162 g/mol. The fourth-order valence-electron chi connectivity index (χ4n) is 0.578. The maximum absolute atomic E-state index is 8.34. The van der Waals surface area contributed by atoms with Crippen LogP contribution in [0.4, 0.5) is 0 Å². The van der Waals surface area contributed by atoms with Gasteiger partial charge in [-0.2, -0.15) is 5.26 Å². The molecule has 56 valence electrons. The molecular formula is C6H5N3OS. The minimum Gasteiger partial charge on any atom is -0.480 e. The standard InChI is InChI=1S/C6H5N3OS/c1-10-6-5(11-3-7)2-8-4-9-6/h2,4H,1H3. The Morgan fingerprint density at radius 2 is 2.55 bits per heavy atom. The summed E-state index contributed by atoms with van der Waals surface area (Å²) in [5.41, 5.74) is 0. The predicted molar refractivity (Wildman–Crippen MR) is 40.1 cm³/mol. The molecule has 1 heterocycles. The van der Waals surface area contributed by atoms with E-state index in [9.17, 15) is 0 Å². The lowest BCUT2D eigenvalue weighted by molar-refractivity contribution is 0.385. The van der Waals surface area contributed by atoms with Crippen LogP contribution in [0.25, 0.3) is 0 Å². The molecule has 0 saturated carbocycles. The lowest BCUT2D eigenvalue weighted by Gasteiger charge is -1.99. The second-order valence-electron chi connectivity index (χ2n) is 1.59. The highest BCUT2D eigenvalue weighted by atomic mass is 32.2. The van der Waals surface area contributed by atoms with E-state index in [0.717, 1.165) is 11.8 Å². The number of thiocyanates is 1. The first-order valence-corrected chi connectivity index (χ1v) is 3.60. The van der Waals surface area contributed by atoms with Gasteiger partial charge in [0.2, 0.25) is 5.88 Å². The Balaban J connectivity index is 2.94. The maximum Gasteiger partial charge on any atom is 0.231 e. The Morgan fingerprint density at radius 1 is 1.73 bits per heavy atom. The number of aromatic nitrogens is 2. The van der Waals surface area contributed by atoms with Crippen molar-refractivity contribution in [3.63, 3.8) is 0 Å². The molecule has 0 unspecified atom stereocenters. The van der Waals surface area contributed by atoms with E-state index in [1.165, 1.54) is 13.4 Å². The lowest BCUT2D eigenvalue weighted by Crippen LogP contribution is -1.89. The summed E-state index contributed by atoms with van der Waals surface area (Å²) < 4.78 is 4.87. The van der Waals surface area contributed by atoms with E-state index in [1.54, 1.807) is 6.20 Å². The summed E-state index contributed by atoms with van der Waals surface area (Å²) in [4.78, 5) is 8.20. The second-order valence-corrected chi connectivity index (χ2v) is 2.42. The molecule has 4 nitrogen and oxygen atoms in total. The third-order valence-corrected chi connectivity index (χ3v) is 1.58. The molecule has 5 heteroatoms. The van der Waals surface area contributed by atoms with Gasteiger partial charge in [-0.05, 0) is 11.8 Å². The van der Waals surface area contributed by atoms with Crippen molar-refractivity contribution in [1.82, 2.24) is 9.97 Å². The van der Waals surface area contributed by atoms with Crippen LogP contribution in [0.15, 0.2) is 17.4 Å². The second kappa shape index (κ2) is 3.78. The number of hydrogen-bond acceptors (Lipinski definition) is 5. The van der Waals surface area contributed by atoms with Gasteiger partial charge in [-0.25, -0.2) is 9.97 Å². The van der Waals surface area contributed by atoms with Gasteiger partial charge in [0.25, 0.3) is 0 Å². The molecule has 0 fully saturated rings. The molecule has 0 amide bonds. The average Bonchev–Trinajstić information content (AvgIpc) is 2.06. The first-order chi connectivity index (χ1) is 5.38. The lowest BCUT2D eigenvalue weighted by atomic mass is 10.6. The van der Waals surface area contributed by atoms with Gasteiger partial charge in [0.1, 0.15) is 16.6 Å². The van der Waals surface area contributed by atoms with E-state index in [4.69, 9.17) is 10.00 Å². The van der Waals surface area contributed by atoms with Gasteiger partial charge in [0.15, 0.2) is 0 Å². The van der Waals surface area contributed by atoms with Crippen LogP contribution in [-0.4, -0.2) is 17.1 Å². The summed E-state index contributed by atoms with van der Waals surface area (Å²) in [7, 11) is 1.50. The van der Waals surface area contributed by atoms with Gasteiger partial charge in [0, 0.05) is 6.20 Å². The van der Waals surface area contributed by atoms with E-state index in [1.807, 2.05) is 5.40 Å². The van der Waals surface area contributed by atoms with Gasteiger partial charge >= 0.3 is 0 Å². The number of rotatable bonds is 2. The van der Waals surface area contributed by atoms with E-state index < -0.39 is 0 Å². The van der Waals surface area contributed by atoms with Crippen molar-refractivity contribution in [3.8, 4) is 11.3 Å². The molecule has 0 atom stereocenters. The summed E-state index contributed by atoms with van der Waals surface area (Å²) in [5.74, 6) is 0.437. The molecule has 0 spiro atoms. The monoisotopic (exact) mass is 167 g/mol. The van der Waals surface area contributed by atoms with Gasteiger partial charge in [-0.15, -0.1) is 0 Å². The van der Waals surface area contributed by atoms with Crippen LogP contribution in [0.3, 0.4) is 0 Å². The van der Waals surface area contributed by atoms with Crippen molar-refractivity contribution in [2.24, 2.45) is 0 Å². The molecule has 0 N–H and O–H groups in total. The molecule has 0 saturated heterocycles. The zero-order valence-corrected chi connectivity index (χ0v) is 6.63. The van der Waals surface area contributed by atoms with Crippen molar-refractivity contribution >= 4 is 11.8 Å². The zero-order chi connectivity index (χ0) is 8.10. The summed E-state index contributed by atoms with van der Waals surface area (Å²) in [6.07, 6.45) is 2.92. The maximum atomic E-state index is 8.34. The summed E-state index contributed by atoms with van der Waals surface area (Å²) in [6.45, 7) is 0. The molecule has 1 rings (SSSR count). The first-order valence-electron chi connectivity index (χ1n) is 2.78. The summed E-state index contributed by atoms with van der Waals surface area (Å²) in [6, 6.07) is 0. The Labute approximate surface area is 68.2 Å². The number of hydrogen-bond donors (Lipinski definition) is 0. The Kier molecular flexibility index (Phi) is 2.69. The number of ether oxygens (including phenoxy) is 1. The summed E-state index contributed by atoms with van der Waals surface area (Å²) >= 11 is 0.982. The smallest absolute Gasteiger partial charge is 0.231 e. The van der Waals surface area contributed by atoms with E-state index in [2.05, 4.69) is 9.97 Å². The molecule has 1 aromatic heterocycles. The molecule has 0 aliphatic heterocycles. The van der Waals surface area contributed by atoms with Crippen LogP contribution in [0.5, 0.6) is 5.88 Å². The van der Waals surface area contributed by atoms with Crippen LogP contribution in [0.2, 0.25) is 0 Å². The average molecular weight is 167 g/mol. The Bertz CT molecular complexity index is 283. The first kappa shape index (κ1) is 7.82. The normalized spacial score (nSPS) is 8.73. The largest absolute Gasteiger partial charge is 0.480 e. The van der Waals surface area contributed by atoms with Gasteiger partial charge < -0.3 is 4.74 Å². The molecule has 11 heavy (non-hydrogen) atoms. The molecule has 1 aromatic rings. The molecule has 0 aromatic carbocycles. The van der Waals surface area contributed by atoms with E-state index in [-0.39, 0.29) is 0 Å². The number of nitriles is 1. The van der Waals surface area contributed by atoms with E-state index in [0.29, 0.717) is 10.8 Å². The van der Waals surface area contributed by atoms with Crippen LogP contribution < -0.4 is 4.74 Å². The zero-order valence-electron chi connectivity index (χ0n) is 5.81. The van der Waals surface area contributed by atoms with Crippen molar-refractivity contribution in [2.45, 2.75) is 4.90 Å². The highest BCUT2D eigenvalue weighted by molar-refractivity contribution is 8.03. The SMILES string of the molecule is COc1ncncc1SC#N. The van der Waals surface area contributed by atoms with Crippen LogP contribution in [0, 0.1) is 10.7 Å². The fourth-order valence-corrected chi connectivity index (χ4v) is 1.01. The van der Waals surface area contributed by atoms with Crippen LogP contribution in [0.1, 0.15) is 0 Å². The molecule has 0 radical (unpaired) electrons. The third-order valence-electron chi connectivity index (χ3n) is 0.993. The fraction of sp³-hybridized carbons (Fsp3) is 0.167. The highest BCUT2D eigenvalue weighted by Crippen LogP contribution is 2.23. The molecule has 0 aliphatic rings. The quantitative estimate of drug-likeness (QED) is 0.487. The van der Waals surface area contributed by atoms with Gasteiger partial charge in [0.05, 0.1) is 7.11 Å². The number of methoxy groups -OCH3 is 1. The van der Waals surface area contributed by atoms with Crippen molar-refractivity contribution in [2.75, 3.05) is 7.11 Å².